The van der Waals surface area contributed by atoms with E-state index in [0.29, 0.717) is 16.4 Å². The number of benzene rings is 1. The molecule has 0 unspecified atom stereocenters. The molecule has 1 aromatic rings. The summed E-state index contributed by atoms with van der Waals surface area (Å²) in [6, 6.07) is 7.18. The van der Waals surface area contributed by atoms with Crippen LogP contribution < -0.4 is 10.1 Å². The number of ether oxygens (including phenoxy) is 1. The van der Waals surface area contributed by atoms with Gasteiger partial charge in [0.15, 0.2) is 5.11 Å². The number of piperidine rings is 1. The predicted octanol–water partition coefficient (Wildman–Crippen LogP) is 3.22. The van der Waals surface area contributed by atoms with E-state index in [4.69, 9.17) is 17.0 Å². The van der Waals surface area contributed by atoms with Crippen LogP contribution in [0.1, 0.15) is 44.0 Å². The summed E-state index contributed by atoms with van der Waals surface area (Å²) in [4.78, 5) is 14.4. The summed E-state index contributed by atoms with van der Waals surface area (Å²) >= 11 is 5.35. The van der Waals surface area contributed by atoms with Gasteiger partial charge in [0.2, 0.25) is 0 Å². The van der Waals surface area contributed by atoms with Gasteiger partial charge in [-0.1, -0.05) is 13.0 Å². The van der Waals surface area contributed by atoms with E-state index in [-0.39, 0.29) is 12.0 Å². The lowest BCUT2D eigenvalue weighted by atomic mass is 10.00. The standard InChI is InChI=1S/C17H24N2O2S/c1-12(2)21-15-6-4-5-14(11-15)16(20)18-17(22)19-9-7-13(3)8-10-19/h4-6,11-13H,7-10H2,1-3H3,(H,18,20,22). The second kappa shape index (κ2) is 7.58. The molecule has 22 heavy (non-hydrogen) atoms. The smallest absolute Gasteiger partial charge is 0.257 e. The third kappa shape index (κ3) is 4.70. The van der Waals surface area contributed by atoms with Crippen molar-refractivity contribution in [2.45, 2.75) is 39.7 Å². The molecule has 1 saturated heterocycles. The van der Waals surface area contributed by atoms with Crippen molar-refractivity contribution in [1.29, 1.82) is 0 Å². The average Bonchev–Trinajstić information content (AvgIpc) is 2.47. The van der Waals surface area contributed by atoms with E-state index in [0.717, 1.165) is 31.8 Å². The number of likely N-dealkylation sites (tertiary alicyclic amines) is 1. The fourth-order valence-corrected chi connectivity index (χ4v) is 2.72. The zero-order valence-electron chi connectivity index (χ0n) is 13.5. The van der Waals surface area contributed by atoms with E-state index < -0.39 is 0 Å². The molecule has 0 spiro atoms. The molecule has 1 fully saturated rings. The van der Waals surface area contributed by atoms with Gasteiger partial charge in [0.25, 0.3) is 5.91 Å². The quantitative estimate of drug-likeness (QED) is 0.868. The normalized spacial score (nSPS) is 15.7. The Morgan fingerprint density at radius 3 is 2.68 bits per heavy atom. The highest BCUT2D eigenvalue weighted by Gasteiger charge is 2.19. The highest BCUT2D eigenvalue weighted by molar-refractivity contribution is 7.80. The molecule has 1 aromatic carbocycles. The summed E-state index contributed by atoms with van der Waals surface area (Å²) in [5, 5.41) is 3.34. The van der Waals surface area contributed by atoms with Crippen molar-refractivity contribution in [3.8, 4) is 5.75 Å². The van der Waals surface area contributed by atoms with Gasteiger partial charge in [0.05, 0.1) is 6.10 Å². The van der Waals surface area contributed by atoms with Crippen molar-refractivity contribution in [1.82, 2.24) is 10.2 Å². The summed E-state index contributed by atoms with van der Waals surface area (Å²) in [7, 11) is 0. The van der Waals surface area contributed by atoms with E-state index in [1.54, 1.807) is 12.1 Å². The molecule has 0 aliphatic carbocycles. The molecule has 1 heterocycles. The van der Waals surface area contributed by atoms with E-state index in [9.17, 15) is 4.79 Å². The second-order valence-electron chi connectivity index (χ2n) is 6.12. The Bertz CT molecular complexity index is 537. The van der Waals surface area contributed by atoms with Crippen LogP contribution in [0.5, 0.6) is 5.75 Å². The SMILES string of the molecule is CC1CCN(C(=S)NC(=O)c2cccc(OC(C)C)c2)CC1. The average molecular weight is 320 g/mol. The van der Waals surface area contributed by atoms with Gasteiger partial charge < -0.3 is 9.64 Å². The maximum absolute atomic E-state index is 12.3. The van der Waals surface area contributed by atoms with E-state index in [1.807, 2.05) is 26.0 Å². The number of thiocarbonyl (C=S) groups is 1. The topological polar surface area (TPSA) is 41.6 Å². The van der Waals surface area contributed by atoms with Crippen molar-refractivity contribution in [2.75, 3.05) is 13.1 Å². The van der Waals surface area contributed by atoms with E-state index in [2.05, 4.69) is 17.1 Å². The van der Waals surface area contributed by atoms with Gasteiger partial charge in [-0.05, 0) is 63.0 Å². The first-order valence-corrected chi connectivity index (χ1v) is 8.23. The van der Waals surface area contributed by atoms with Crippen LogP contribution in [0.2, 0.25) is 0 Å². The van der Waals surface area contributed by atoms with Crippen LogP contribution in [-0.2, 0) is 0 Å². The molecule has 0 saturated carbocycles. The lowest BCUT2D eigenvalue weighted by Crippen LogP contribution is -2.46. The molecule has 1 aliphatic rings. The van der Waals surface area contributed by atoms with Crippen molar-refractivity contribution < 1.29 is 9.53 Å². The first-order valence-electron chi connectivity index (χ1n) is 7.82. The van der Waals surface area contributed by atoms with E-state index >= 15 is 0 Å². The lowest BCUT2D eigenvalue weighted by molar-refractivity contribution is 0.0971. The first-order chi connectivity index (χ1) is 10.5. The Morgan fingerprint density at radius 2 is 2.05 bits per heavy atom. The minimum absolute atomic E-state index is 0.0785. The van der Waals surface area contributed by atoms with Gasteiger partial charge in [-0.3, -0.25) is 10.1 Å². The fourth-order valence-electron chi connectivity index (χ4n) is 2.44. The summed E-state index contributed by atoms with van der Waals surface area (Å²) in [6.45, 7) is 7.99. The molecule has 0 atom stereocenters. The van der Waals surface area contributed by atoms with Gasteiger partial charge in [0.1, 0.15) is 5.75 Å². The zero-order valence-corrected chi connectivity index (χ0v) is 14.3. The molecule has 4 nitrogen and oxygen atoms in total. The highest BCUT2D eigenvalue weighted by atomic mass is 32.1. The third-order valence-corrected chi connectivity index (χ3v) is 4.12. The van der Waals surface area contributed by atoms with Gasteiger partial charge in [-0.25, -0.2) is 0 Å². The highest BCUT2D eigenvalue weighted by Crippen LogP contribution is 2.17. The molecule has 1 amide bonds. The van der Waals surface area contributed by atoms with Crippen LogP contribution in [0.4, 0.5) is 0 Å². The number of nitrogens with one attached hydrogen (secondary N) is 1. The van der Waals surface area contributed by atoms with Crippen LogP contribution >= 0.6 is 12.2 Å². The van der Waals surface area contributed by atoms with Crippen molar-refractivity contribution in [2.24, 2.45) is 5.92 Å². The molecular formula is C17H24N2O2S. The zero-order chi connectivity index (χ0) is 16.1. The number of carbonyl (C=O) groups excluding carboxylic acids is 1. The maximum atomic E-state index is 12.3. The molecule has 0 radical (unpaired) electrons. The number of rotatable bonds is 3. The number of nitrogens with zero attached hydrogens (tertiary/aromatic N) is 1. The summed E-state index contributed by atoms with van der Waals surface area (Å²) in [5.74, 6) is 1.25. The Kier molecular flexibility index (Phi) is 5.77. The van der Waals surface area contributed by atoms with E-state index in [1.165, 1.54) is 0 Å². The molecule has 1 N–H and O–H groups in total. The van der Waals surface area contributed by atoms with Crippen molar-refractivity contribution in [3.63, 3.8) is 0 Å². The Morgan fingerprint density at radius 1 is 1.36 bits per heavy atom. The Balaban J connectivity index is 1.95. The molecule has 5 heteroatoms. The van der Waals surface area contributed by atoms with Crippen LogP contribution in [0.15, 0.2) is 24.3 Å². The molecule has 120 valence electrons. The van der Waals surface area contributed by atoms with Gasteiger partial charge in [-0.2, -0.15) is 0 Å². The molecule has 2 rings (SSSR count). The van der Waals surface area contributed by atoms with Gasteiger partial charge in [-0.15, -0.1) is 0 Å². The van der Waals surface area contributed by atoms with Gasteiger partial charge in [0, 0.05) is 18.7 Å². The van der Waals surface area contributed by atoms with Crippen LogP contribution in [0, 0.1) is 5.92 Å². The second-order valence-corrected chi connectivity index (χ2v) is 6.51. The molecular weight excluding hydrogens is 296 g/mol. The Hall–Kier alpha value is -1.62. The van der Waals surface area contributed by atoms with Gasteiger partial charge >= 0.3 is 0 Å². The lowest BCUT2D eigenvalue weighted by Gasteiger charge is -2.32. The number of amides is 1. The van der Waals surface area contributed by atoms with Crippen molar-refractivity contribution in [3.05, 3.63) is 29.8 Å². The van der Waals surface area contributed by atoms with Crippen molar-refractivity contribution >= 4 is 23.2 Å². The van der Waals surface area contributed by atoms with Crippen LogP contribution in [-0.4, -0.2) is 35.1 Å². The minimum Gasteiger partial charge on any atom is -0.491 e. The Labute approximate surface area is 137 Å². The summed E-state index contributed by atoms with van der Waals surface area (Å²) in [6.07, 6.45) is 2.32. The predicted molar refractivity (Wildman–Crippen MR) is 92.2 cm³/mol. The summed E-state index contributed by atoms with van der Waals surface area (Å²) < 4.78 is 5.61. The first kappa shape index (κ1) is 16.7. The minimum atomic E-state index is -0.183. The molecule has 1 aliphatic heterocycles. The molecule has 0 aromatic heterocycles. The molecule has 0 bridgehead atoms. The monoisotopic (exact) mass is 320 g/mol. The largest absolute Gasteiger partial charge is 0.491 e. The maximum Gasteiger partial charge on any atom is 0.257 e. The van der Waals surface area contributed by atoms with Crippen LogP contribution in [0.3, 0.4) is 0 Å². The number of hydrogen-bond donors (Lipinski definition) is 1. The number of hydrogen-bond acceptors (Lipinski definition) is 3. The number of carbonyl (C=O) groups is 1. The third-order valence-electron chi connectivity index (χ3n) is 3.76. The fraction of sp³-hybridized carbons (Fsp3) is 0.529. The van der Waals surface area contributed by atoms with Crippen LogP contribution in [0.25, 0.3) is 0 Å². The summed E-state index contributed by atoms with van der Waals surface area (Å²) in [5.41, 5.74) is 0.561.